The second-order valence-electron chi connectivity index (χ2n) is 5.62. The highest BCUT2D eigenvalue weighted by Gasteiger charge is 2.17. The minimum absolute atomic E-state index is 0.252. The van der Waals surface area contributed by atoms with Crippen LogP contribution in [0.1, 0.15) is 18.7 Å². The van der Waals surface area contributed by atoms with E-state index in [-0.39, 0.29) is 5.82 Å². The molecule has 0 radical (unpaired) electrons. The first-order chi connectivity index (χ1) is 11.3. The van der Waals surface area contributed by atoms with E-state index in [0.717, 1.165) is 48.5 Å². The summed E-state index contributed by atoms with van der Waals surface area (Å²) in [6.45, 7) is 2.24. The van der Waals surface area contributed by atoms with Gasteiger partial charge in [-0.2, -0.15) is 0 Å². The lowest BCUT2D eigenvalue weighted by Gasteiger charge is -2.11. The van der Waals surface area contributed by atoms with Crippen molar-refractivity contribution in [3.63, 3.8) is 0 Å². The molecule has 1 aliphatic rings. The van der Waals surface area contributed by atoms with E-state index in [1.54, 1.807) is 23.9 Å². The third kappa shape index (κ3) is 4.10. The molecule has 0 spiro atoms. The Hall–Kier alpha value is -1.44. The largest absolute Gasteiger partial charge is 0.381 e. The molecular formula is C16H21FN4OS. The van der Waals surface area contributed by atoms with Gasteiger partial charge in [0.15, 0.2) is 5.16 Å². The average molecular weight is 336 g/mol. The van der Waals surface area contributed by atoms with Crippen LogP contribution >= 0.6 is 11.8 Å². The predicted octanol–water partition coefficient (Wildman–Crippen LogP) is 2.43. The van der Waals surface area contributed by atoms with Gasteiger partial charge in [0.05, 0.1) is 0 Å². The zero-order valence-corrected chi connectivity index (χ0v) is 13.8. The van der Waals surface area contributed by atoms with Crippen LogP contribution < -0.4 is 5.73 Å². The predicted molar refractivity (Wildman–Crippen MR) is 88.3 cm³/mol. The van der Waals surface area contributed by atoms with Gasteiger partial charge >= 0.3 is 0 Å². The van der Waals surface area contributed by atoms with Crippen molar-refractivity contribution in [3.05, 3.63) is 35.9 Å². The summed E-state index contributed by atoms with van der Waals surface area (Å²) >= 11 is 1.68. The first-order valence-corrected chi connectivity index (χ1v) is 8.87. The third-order valence-corrected chi connectivity index (χ3v) is 4.90. The molecule has 3 rings (SSSR count). The van der Waals surface area contributed by atoms with Crippen molar-refractivity contribution in [1.29, 1.82) is 0 Å². The second-order valence-corrected chi connectivity index (χ2v) is 6.68. The van der Waals surface area contributed by atoms with E-state index < -0.39 is 0 Å². The number of hydrogen-bond donors (Lipinski definition) is 1. The molecule has 0 amide bonds. The molecule has 1 saturated heterocycles. The molecule has 1 aliphatic heterocycles. The van der Waals surface area contributed by atoms with Crippen LogP contribution in [0.15, 0.2) is 29.4 Å². The Labute approximate surface area is 139 Å². The summed E-state index contributed by atoms with van der Waals surface area (Å²) in [5.74, 6) is 2.17. The monoisotopic (exact) mass is 336 g/mol. The minimum atomic E-state index is -0.252. The molecule has 2 heterocycles. The number of ether oxygens (including phenoxy) is 1. The fourth-order valence-electron chi connectivity index (χ4n) is 2.66. The summed E-state index contributed by atoms with van der Waals surface area (Å²) in [7, 11) is 0. The van der Waals surface area contributed by atoms with Gasteiger partial charge in [0, 0.05) is 31.1 Å². The Bertz CT molecular complexity index is 626. The fourth-order valence-corrected chi connectivity index (χ4v) is 3.73. The van der Waals surface area contributed by atoms with E-state index in [4.69, 9.17) is 10.5 Å². The van der Waals surface area contributed by atoms with E-state index in [9.17, 15) is 4.39 Å². The molecule has 124 valence electrons. The van der Waals surface area contributed by atoms with Crippen LogP contribution in [0.5, 0.6) is 0 Å². The van der Waals surface area contributed by atoms with Gasteiger partial charge < -0.3 is 10.5 Å². The molecule has 1 atom stereocenters. The SMILES string of the molecule is NCCc1nnc(SCC[C@@H]2CCOC2)n1-c1ccc(F)cc1. The molecule has 0 bridgehead atoms. The van der Waals surface area contributed by atoms with E-state index in [2.05, 4.69) is 10.2 Å². The normalized spacial score (nSPS) is 17.7. The first-order valence-electron chi connectivity index (χ1n) is 7.89. The zero-order chi connectivity index (χ0) is 16.1. The van der Waals surface area contributed by atoms with Crippen LogP contribution in [-0.4, -0.2) is 40.3 Å². The van der Waals surface area contributed by atoms with Crippen LogP contribution in [0.2, 0.25) is 0 Å². The molecule has 1 fully saturated rings. The highest BCUT2D eigenvalue weighted by Crippen LogP contribution is 2.26. The lowest BCUT2D eigenvalue weighted by atomic mass is 10.1. The number of rotatable bonds is 7. The molecular weight excluding hydrogens is 315 g/mol. The zero-order valence-electron chi connectivity index (χ0n) is 12.9. The summed E-state index contributed by atoms with van der Waals surface area (Å²) in [5, 5.41) is 9.37. The molecule has 0 aliphatic carbocycles. The number of benzene rings is 1. The van der Waals surface area contributed by atoms with Crippen molar-refractivity contribution in [3.8, 4) is 5.69 Å². The Balaban J connectivity index is 1.74. The van der Waals surface area contributed by atoms with Gasteiger partial charge in [0.25, 0.3) is 0 Å². The highest BCUT2D eigenvalue weighted by molar-refractivity contribution is 7.99. The highest BCUT2D eigenvalue weighted by atomic mass is 32.2. The molecule has 2 aromatic rings. The molecule has 1 aromatic heterocycles. The van der Waals surface area contributed by atoms with Crippen molar-refractivity contribution in [2.45, 2.75) is 24.4 Å². The number of halogens is 1. The minimum Gasteiger partial charge on any atom is -0.381 e. The third-order valence-electron chi connectivity index (χ3n) is 3.93. The Morgan fingerprint density at radius 1 is 1.30 bits per heavy atom. The maximum absolute atomic E-state index is 13.2. The number of nitrogens with zero attached hydrogens (tertiary/aromatic N) is 3. The lowest BCUT2D eigenvalue weighted by molar-refractivity contribution is 0.185. The topological polar surface area (TPSA) is 66.0 Å². The van der Waals surface area contributed by atoms with Crippen LogP contribution in [0.4, 0.5) is 4.39 Å². The molecule has 23 heavy (non-hydrogen) atoms. The summed E-state index contributed by atoms with van der Waals surface area (Å²) in [6.07, 6.45) is 2.89. The summed E-state index contributed by atoms with van der Waals surface area (Å²) in [6, 6.07) is 6.39. The number of aromatic nitrogens is 3. The fraction of sp³-hybridized carbons (Fsp3) is 0.500. The van der Waals surface area contributed by atoms with E-state index in [1.165, 1.54) is 12.1 Å². The Morgan fingerprint density at radius 2 is 2.13 bits per heavy atom. The maximum atomic E-state index is 13.2. The van der Waals surface area contributed by atoms with Gasteiger partial charge in [-0.25, -0.2) is 4.39 Å². The van der Waals surface area contributed by atoms with E-state index in [1.807, 2.05) is 4.57 Å². The quantitative estimate of drug-likeness (QED) is 0.787. The van der Waals surface area contributed by atoms with Gasteiger partial charge in [0.2, 0.25) is 0 Å². The summed E-state index contributed by atoms with van der Waals surface area (Å²) in [4.78, 5) is 0. The van der Waals surface area contributed by atoms with Crippen LogP contribution in [-0.2, 0) is 11.2 Å². The van der Waals surface area contributed by atoms with Gasteiger partial charge in [0.1, 0.15) is 11.6 Å². The van der Waals surface area contributed by atoms with Crippen LogP contribution in [0.25, 0.3) is 5.69 Å². The molecule has 7 heteroatoms. The first kappa shape index (κ1) is 16.4. The van der Waals surface area contributed by atoms with E-state index >= 15 is 0 Å². The summed E-state index contributed by atoms with van der Waals surface area (Å²) in [5.41, 5.74) is 6.53. The smallest absolute Gasteiger partial charge is 0.195 e. The number of nitrogens with two attached hydrogens (primary N) is 1. The van der Waals surface area contributed by atoms with Crippen molar-refractivity contribution >= 4 is 11.8 Å². The molecule has 1 aromatic carbocycles. The van der Waals surface area contributed by atoms with Crippen molar-refractivity contribution in [2.75, 3.05) is 25.5 Å². The van der Waals surface area contributed by atoms with E-state index in [0.29, 0.717) is 18.9 Å². The lowest BCUT2D eigenvalue weighted by Crippen LogP contribution is -2.10. The van der Waals surface area contributed by atoms with Crippen molar-refractivity contribution < 1.29 is 9.13 Å². The van der Waals surface area contributed by atoms with Gasteiger partial charge in [-0.05, 0) is 49.6 Å². The molecule has 5 nitrogen and oxygen atoms in total. The summed E-state index contributed by atoms with van der Waals surface area (Å²) < 4.78 is 20.6. The van der Waals surface area contributed by atoms with Gasteiger partial charge in [-0.15, -0.1) is 10.2 Å². The Kier molecular flexibility index (Phi) is 5.64. The van der Waals surface area contributed by atoms with Gasteiger partial charge in [-0.3, -0.25) is 4.57 Å². The Morgan fingerprint density at radius 3 is 2.83 bits per heavy atom. The van der Waals surface area contributed by atoms with Crippen LogP contribution in [0, 0.1) is 11.7 Å². The van der Waals surface area contributed by atoms with Gasteiger partial charge in [-0.1, -0.05) is 11.8 Å². The van der Waals surface area contributed by atoms with Crippen molar-refractivity contribution in [2.24, 2.45) is 11.7 Å². The average Bonchev–Trinajstić information content (AvgIpc) is 3.19. The van der Waals surface area contributed by atoms with Crippen LogP contribution in [0.3, 0.4) is 0 Å². The standard InChI is InChI=1S/C16H21FN4OS/c17-13-1-3-14(4-2-13)21-15(5-8-18)19-20-16(21)23-10-7-12-6-9-22-11-12/h1-4,12H,5-11,18H2/t12-/m0/s1. The molecule has 2 N–H and O–H groups in total. The molecule has 0 unspecified atom stereocenters. The van der Waals surface area contributed by atoms with Crippen molar-refractivity contribution in [1.82, 2.24) is 14.8 Å². The second kappa shape index (κ2) is 7.90. The maximum Gasteiger partial charge on any atom is 0.195 e. The number of hydrogen-bond acceptors (Lipinski definition) is 5. The number of thioether (sulfide) groups is 1. The molecule has 0 saturated carbocycles.